The summed E-state index contributed by atoms with van der Waals surface area (Å²) in [5, 5.41) is 3.96. The molecule has 3 aliphatic rings. The van der Waals surface area contributed by atoms with Crippen molar-refractivity contribution >= 4 is 0 Å². The molecule has 3 saturated carbocycles. The van der Waals surface area contributed by atoms with Gasteiger partial charge < -0.3 is 5.32 Å². The lowest BCUT2D eigenvalue weighted by molar-refractivity contribution is 0.0198. The van der Waals surface area contributed by atoms with E-state index in [0.29, 0.717) is 0 Å². The first-order valence-electron chi connectivity index (χ1n) is 8.52. The highest BCUT2D eigenvalue weighted by Crippen LogP contribution is 2.51. The topological polar surface area (TPSA) is 12.0 Å². The van der Waals surface area contributed by atoms with Crippen LogP contribution in [-0.2, 0) is 0 Å². The highest BCUT2D eigenvalue weighted by Gasteiger charge is 2.46. The van der Waals surface area contributed by atoms with Crippen molar-refractivity contribution in [1.29, 1.82) is 0 Å². The van der Waals surface area contributed by atoms with Crippen LogP contribution < -0.4 is 5.32 Å². The molecule has 0 bridgehead atoms. The van der Waals surface area contributed by atoms with Gasteiger partial charge in [0.05, 0.1) is 0 Å². The van der Waals surface area contributed by atoms with Crippen LogP contribution >= 0.6 is 0 Å². The molecule has 1 heteroatoms. The summed E-state index contributed by atoms with van der Waals surface area (Å²) in [6.07, 6.45) is 16.4. The van der Waals surface area contributed by atoms with Crippen molar-refractivity contribution in [1.82, 2.24) is 5.32 Å². The van der Waals surface area contributed by atoms with Crippen LogP contribution in [0.2, 0.25) is 0 Å². The van der Waals surface area contributed by atoms with Crippen molar-refractivity contribution in [2.24, 2.45) is 17.3 Å². The van der Waals surface area contributed by atoms with Crippen molar-refractivity contribution in [3.05, 3.63) is 0 Å². The Morgan fingerprint density at radius 2 is 1.61 bits per heavy atom. The summed E-state index contributed by atoms with van der Waals surface area (Å²) >= 11 is 0. The maximum absolute atomic E-state index is 3.96. The molecule has 0 amide bonds. The molecule has 104 valence electrons. The lowest BCUT2D eigenvalue weighted by Crippen LogP contribution is -2.55. The Bertz CT molecular complexity index is 259. The van der Waals surface area contributed by atoms with E-state index in [1.165, 1.54) is 77.2 Å². The van der Waals surface area contributed by atoms with Gasteiger partial charge in [0.25, 0.3) is 0 Å². The van der Waals surface area contributed by atoms with Crippen LogP contribution in [0, 0.1) is 17.3 Å². The van der Waals surface area contributed by atoms with E-state index in [4.69, 9.17) is 0 Å². The molecule has 1 N–H and O–H groups in total. The second-order valence-corrected chi connectivity index (χ2v) is 7.55. The van der Waals surface area contributed by atoms with Gasteiger partial charge in [-0.1, -0.05) is 39.0 Å². The Morgan fingerprint density at radius 1 is 0.889 bits per heavy atom. The molecule has 1 spiro atoms. The van der Waals surface area contributed by atoms with Crippen LogP contribution in [0.25, 0.3) is 0 Å². The summed E-state index contributed by atoms with van der Waals surface area (Å²) in [4.78, 5) is 0. The van der Waals surface area contributed by atoms with Crippen molar-refractivity contribution in [2.75, 3.05) is 6.54 Å². The van der Waals surface area contributed by atoms with E-state index >= 15 is 0 Å². The van der Waals surface area contributed by atoms with Gasteiger partial charge >= 0.3 is 0 Å². The maximum atomic E-state index is 3.96. The molecular weight excluding hydrogens is 218 g/mol. The van der Waals surface area contributed by atoms with E-state index < -0.39 is 0 Å². The lowest BCUT2D eigenvalue weighted by atomic mass is 9.57. The number of rotatable bonds is 3. The Hall–Kier alpha value is -0.0400. The minimum absolute atomic E-state index is 0.750. The van der Waals surface area contributed by atoms with Gasteiger partial charge in [0.15, 0.2) is 0 Å². The van der Waals surface area contributed by atoms with Crippen LogP contribution in [0.3, 0.4) is 0 Å². The molecule has 3 aliphatic carbocycles. The summed E-state index contributed by atoms with van der Waals surface area (Å²) < 4.78 is 0. The second-order valence-electron chi connectivity index (χ2n) is 7.55. The third-order valence-corrected chi connectivity index (χ3v) is 6.31. The summed E-state index contributed by atoms with van der Waals surface area (Å²) in [7, 11) is 0. The van der Waals surface area contributed by atoms with Gasteiger partial charge in [-0.15, -0.1) is 0 Å². The van der Waals surface area contributed by atoms with Gasteiger partial charge in [-0.3, -0.25) is 0 Å². The molecule has 0 saturated heterocycles. The number of nitrogens with one attached hydrogen (secondary N) is 1. The van der Waals surface area contributed by atoms with Gasteiger partial charge in [0, 0.05) is 6.04 Å². The van der Waals surface area contributed by atoms with Gasteiger partial charge in [-0.25, -0.2) is 0 Å². The smallest absolute Gasteiger partial charge is 0.0124 e. The first-order valence-corrected chi connectivity index (χ1v) is 8.52. The normalized spacial score (nSPS) is 39.5. The van der Waals surface area contributed by atoms with E-state index in [0.717, 1.165) is 23.3 Å². The van der Waals surface area contributed by atoms with E-state index in [1.807, 2.05) is 0 Å². The summed E-state index contributed by atoms with van der Waals surface area (Å²) in [6.45, 7) is 3.74. The molecule has 0 radical (unpaired) electrons. The van der Waals surface area contributed by atoms with Crippen molar-refractivity contribution < 1.29 is 0 Å². The van der Waals surface area contributed by atoms with Gasteiger partial charge in [-0.2, -0.15) is 0 Å². The molecule has 18 heavy (non-hydrogen) atoms. The van der Waals surface area contributed by atoms with Crippen LogP contribution in [0.5, 0.6) is 0 Å². The SMILES string of the molecule is CC1CCC(CNC2CCC23CCCCC3)CC1. The fraction of sp³-hybridized carbons (Fsp3) is 1.00. The van der Waals surface area contributed by atoms with E-state index in [2.05, 4.69) is 12.2 Å². The van der Waals surface area contributed by atoms with Crippen LogP contribution in [-0.4, -0.2) is 12.6 Å². The standard InChI is InChI=1S/C17H31N/c1-14-5-7-15(8-6-14)13-18-16-9-12-17(16)10-3-2-4-11-17/h14-16,18H,2-13H2,1H3. The first-order chi connectivity index (χ1) is 8.78. The molecule has 0 heterocycles. The predicted molar refractivity (Wildman–Crippen MR) is 77.7 cm³/mol. The molecule has 3 fully saturated rings. The van der Waals surface area contributed by atoms with Crippen molar-refractivity contribution in [2.45, 2.75) is 83.6 Å². The highest BCUT2D eigenvalue weighted by molar-refractivity contribution is 5.01. The molecule has 0 aromatic carbocycles. The van der Waals surface area contributed by atoms with Gasteiger partial charge in [-0.05, 0) is 62.3 Å². The van der Waals surface area contributed by atoms with Crippen LogP contribution in [0.15, 0.2) is 0 Å². The highest BCUT2D eigenvalue weighted by atomic mass is 15.0. The summed E-state index contributed by atoms with van der Waals surface area (Å²) in [5.74, 6) is 1.98. The Labute approximate surface area is 113 Å². The zero-order chi connectivity index (χ0) is 12.4. The molecule has 0 aromatic rings. The second kappa shape index (κ2) is 5.53. The largest absolute Gasteiger partial charge is 0.313 e. The van der Waals surface area contributed by atoms with Crippen molar-refractivity contribution in [3.8, 4) is 0 Å². The Kier molecular flexibility index (Phi) is 3.98. The molecular formula is C17H31N. The van der Waals surface area contributed by atoms with Crippen LogP contribution in [0.4, 0.5) is 0 Å². The number of hydrogen-bond acceptors (Lipinski definition) is 1. The average molecular weight is 249 g/mol. The molecule has 0 aromatic heterocycles. The third-order valence-electron chi connectivity index (χ3n) is 6.31. The molecule has 1 atom stereocenters. The fourth-order valence-electron chi connectivity index (χ4n) is 4.71. The number of hydrogen-bond donors (Lipinski definition) is 1. The summed E-state index contributed by atoms with van der Waals surface area (Å²) in [6, 6.07) is 0.886. The fourth-order valence-corrected chi connectivity index (χ4v) is 4.71. The van der Waals surface area contributed by atoms with E-state index in [-0.39, 0.29) is 0 Å². The third kappa shape index (κ3) is 2.61. The zero-order valence-electron chi connectivity index (χ0n) is 12.2. The van der Waals surface area contributed by atoms with Crippen molar-refractivity contribution in [3.63, 3.8) is 0 Å². The average Bonchev–Trinajstić information content (AvgIpc) is 2.41. The lowest BCUT2D eigenvalue weighted by Gasteiger charge is -2.53. The Morgan fingerprint density at radius 3 is 2.22 bits per heavy atom. The minimum atomic E-state index is 0.750. The monoisotopic (exact) mass is 249 g/mol. The first kappa shape index (κ1) is 13.0. The minimum Gasteiger partial charge on any atom is -0.313 e. The van der Waals surface area contributed by atoms with Gasteiger partial charge in [0.2, 0.25) is 0 Å². The Balaban J connectivity index is 1.43. The van der Waals surface area contributed by atoms with E-state index in [9.17, 15) is 0 Å². The summed E-state index contributed by atoms with van der Waals surface area (Å²) in [5.41, 5.74) is 0.750. The van der Waals surface area contributed by atoms with E-state index in [1.54, 1.807) is 0 Å². The van der Waals surface area contributed by atoms with Crippen LogP contribution in [0.1, 0.15) is 77.6 Å². The molecule has 0 aliphatic heterocycles. The zero-order valence-corrected chi connectivity index (χ0v) is 12.2. The maximum Gasteiger partial charge on any atom is 0.0124 e. The molecule has 1 unspecified atom stereocenters. The molecule has 1 nitrogen and oxygen atoms in total. The quantitative estimate of drug-likeness (QED) is 0.775. The molecule has 3 rings (SSSR count). The van der Waals surface area contributed by atoms with Gasteiger partial charge in [0.1, 0.15) is 0 Å². The predicted octanol–water partition coefficient (Wildman–Crippen LogP) is 4.52.